The number of amides is 1. The first-order valence-electron chi connectivity index (χ1n) is 6.77. The summed E-state index contributed by atoms with van der Waals surface area (Å²) in [7, 11) is 0. The summed E-state index contributed by atoms with van der Waals surface area (Å²) in [5, 5.41) is 12.5. The summed E-state index contributed by atoms with van der Waals surface area (Å²) in [6.07, 6.45) is 0.301. The number of ether oxygens (including phenoxy) is 1. The van der Waals surface area contributed by atoms with E-state index in [0.29, 0.717) is 23.8 Å². The third-order valence-electron chi connectivity index (χ3n) is 2.82. The Morgan fingerprint density at radius 1 is 1.40 bits per heavy atom. The Hall–Kier alpha value is -1.07. The second-order valence-corrected chi connectivity index (χ2v) is 6.09. The average molecular weight is 344 g/mol. The van der Waals surface area contributed by atoms with Gasteiger partial charge in [0.15, 0.2) is 6.61 Å². The number of aliphatic hydroxyl groups is 1. The maximum absolute atomic E-state index is 11.6. The Bertz CT molecular complexity index is 447. The average Bonchev–Trinajstić information content (AvgIpc) is 2.36. The van der Waals surface area contributed by atoms with Crippen molar-refractivity contribution < 1.29 is 14.6 Å². The van der Waals surface area contributed by atoms with Crippen LogP contribution in [0.1, 0.15) is 38.9 Å². The number of hydrogen-bond donors (Lipinski definition) is 2. The van der Waals surface area contributed by atoms with E-state index in [-0.39, 0.29) is 12.5 Å². The first-order valence-corrected chi connectivity index (χ1v) is 7.56. The van der Waals surface area contributed by atoms with Crippen molar-refractivity contribution in [2.24, 2.45) is 5.92 Å². The van der Waals surface area contributed by atoms with Crippen molar-refractivity contribution in [2.75, 3.05) is 13.2 Å². The van der Waals surface area contributed by atoms with E-state index in [4.69, 9.17) is 4.74 Å². The molecule has 1 unspecified atom stereocenters. The van der Waals surface area contributed by atoms with Crippen molar-refractivity contribution in [2.45, 2.75) is 33.3 Å². The summed E-state index contributed by atoms with van der Waals surface area (Å²) in [4.78, 5) is 11.6. The van der Waals surface area contributed by atoms with Crippen LogP contribution in [0.4, 0.5) is 0 Å². The smallest absolute Gasteiger partial charge is 0.257 e. The summed E-state index contributed by atoms with van der Waals surface area (Å²) in [5.41, 5.74) is 0.661. The number of carbonyl (C=O) groups is 1. The van der Waals surface area contributed by atoms with Gasteiger partial charge in [0.1, 0.15) is 5.75 Å². The second kappa shape index (κ2) is 8.27. The third kappa shape index (κ3) is 5.92. The van der Waals surface area contributed by atoms with Crippen LogP contribution >= 0.6 is 15.9 Å². The number of carbonyl (C=O) groups excluding carboxylic acids is 1. The van der Waals surface area contributed by atoms with Gasteiger partial charge in [-0.3, -0.25) is 4.79 Å². The second-order valence-electron chi connectivity index (χ2n) is 5.18. The van der Waals surface area contributed by atoms with E-state index < -0.39 is 6.10 Å². The maximum Gasteiger partial charge on any atom is 0.257 e. The molecule has 0 fully saturated rings. The summed E-state index contributed by atoms with van der Waals surface area (Å²) >= 11 is 3.35. The van der Waals surface area contributed by atoms with Crippen molar-refractivity contribution in [3.05, 3.63) is 28.2 Å². The van der Waals surface area contributed by atoms with Gasteiger partial charge in [-0.15, -0.1) is 0 Å². The topological polar surface area (TPSA) is 58.6 Å². The van der Waals surface area contributed by atoms with Gasteiger partial charge in [-0.1, -0.05) is 29.8 Å². The quantitative estimate of drug-likeness (QED) is 0.799. The molecule has 1 aromatic carbocycles. The Morgan fingerprint density at radius 3 is 2.70 bits per heavy atom. The highest BCUT2D eigenvalue weighted by atomic mass is 79.9. The van der Waals surface area contributed by atoms with Crippen LogP contribution < -0.4 is 10.1 Å². The summed E-state index contributed by atoms with van der Waals surface area (Å²) in [5.74, 6) is 0.942. The molecule has 0 spiro atoms. The van der Waals surface area contributed by atoms with E-state index in [0.717, 1.165) is 10.9 Å². The van der Waals surface area contributed by atoms with Crippen molar-refractivity contribution in [1.29, 1.82) is 0 Å². The molecule has 0 aliphatic heterocycles. The lowest BCUT2D eigenvalue weighted by Gasteiger charge is -2.14. The Labute approximate surface area is 128 Å². The van der Waals surface area contributed by atoms with Gasteiger partial charge in [0.25, 0.3) is 5.91 Å². The SMILES string of the molecule is CC(C)CCNC(=O)COc1ccc(Br)cc1C(C)O. The van der Waals surface area contributed by atoms with Crippen LogP contribution in [-0.2, 0) is 4.79 Å². The van der Waals surface area contributed by atoms with Crippen LogP contribution in [0.3, 0.4) is 0 Å². The molecule has 0 saturated heterocycles. The molecule has 4 nitrogen and oxygen atoms in total. The molecule has 0 aromatic heterocycles. The standard InChI is InChI=1S/C15H22BrNO3/c1-10(2)6-7-17-15(19)9-20-14-5-4-12(16)8-13(14)11(3)18/h4-5,8,10-11,18H,6-7,9H2,1-3H3,(H,17,19). The molecule has 112 valence electrons. The van der Waals surface area contributed by atoms with E-state index in [1.807, 2.05) is 6.07 Å². The Kier molecular flexibility index (Phi) is 7.02. The molecule has 0 aliphatic carbocycles. The molecule has 1 atom stereocenters. The predicted octanol–water partition coefficient (Wildman–Crippen LogP) is 3.04. The van der Waals surface area contributed by atoms with Gasteiger partial charge in [-0.2, -0.15) is 0 Å². The van der Waals surface area contributed by atoms with Gasteiger partial charge in [-0.05, 0) is 37.5 Å². The lowest BCUT2D eigenvalue weighted by Crippen LogP contribution is -2.30. The zero-order chi connectivity index (χ0) is 15.1. The molecule has 0 saturated carbocycles. The van der Waals surface area contributed by atoms with Crippen LogP contribution in [0.5, 0.6) is 5.75 Å². The fourth-order valence-electron chi connectivity index (χ4n) is 1.67. The van der Waals surface area contributed by atoms with Gasteiger partial charge >= 0.3 is 0 Å². The van der Waals surface area contributed by atoms with Gasteiger partial charge in [0.2, 0.25) is 0 Å². The van der Waals surface area contributed by atoms with Crippen molar-refractivity contribution >= 4 is 21.8 Å². The molecule has 5 heteroatoms. The fourth-order valence-corrected chi connectivity index (χ4v) is 2.05. The van der Waals surface area contributed by atoms with Crippen molar-refractivity contribution in [1.82, 2.24) is 5.32 Å². The van der Waals surface area contributed by atoms with E-state index in [9.17, 15) is 9.90 Å². The molecule has 0 aliphatic rings. The van der Waals surface area contributed by atoms with Gasteiger partial charge < -0.3 is 15.2 Å². The minimum absolute atomic E-state index is 0.0422. The highest BCUT2D eigenvalue weighted by molar-refractivity contribution is 9.10. The zero-order valence-electron chi connectivity index (χ0n) is 12.1. The Balaban J connectivity index is 2.51. The molecule has 0 bridgehead atoms. The monoisotopic (exact) mass is 343 g/mol. The normalized spacial score (nSPS) is 12.3. The summed E-state index contributed by atoms with van der Waals surface area (Å²) < 4.78 is 6.34. The molecule has 1 aromatic rings. The Morgan fingerprint density at radius 2 is 2.10 bits per heavy atom. The van der Waals surface area contributed by atoms with Crippen LogP contribution in [-0.4, -0.2) is 24.2 Å². The third-order valence-corrected chi connectivity index (χ3v) is 3.32. The molecule has 1 rings (SSSR count). The predicted molar refractivity (Wildman–Crippen MR) is 82.7 cm³/mol. The zero-order valence-corrected chi connectivity index (χ0v) is 13.7. The van der Waals surface area contributed by atoms with Gasteiger partial charge in [-0.25, -0.2) is 0 Å². The van der Waals surface area contributed by atoms with Crippen LogP contribution in [0.2, 0.25) is 0 Å². The summed E-state index contributed by atoms with van der Waals surface area (Å²) in [6, 6.07) is 5.35. The molecular weight excluding hydrogens is 322 g/mol. The van der Waals surface area contributed by atoms with E-state index in [1.54, 1.807) is 19.1 Å². The van der Waals surface area contributed by atoms with Crippen molar-refractivity contribution in [3.8, 4) is 5.75 Å². The molecule has 0 heterocycles. The first kappa shape index (κ1) is 17.0. The molecule has 0 radical (unpaired) electrons. The maximum atomic E-state index is 11.6. The molecule has 1 amide bonds. The van der Waals surface area contributed by atoms with Gasteiger partial charge in [0, 0.05) is 16.6 Å². The number of halogens is 1. The van der Waals surface area contributed by atoms with E-state index >= 15 is 0 Å². The van der Waals surface area contributed by atoms with E-state index in [1.165, 1.54) is 0 Å². The number of nitrogens with one attached hydrogen (secondary N) is 1. The molecule has 20 heavy (non-hydrogen) atoms. The van der Waals surface area contributed by atoms with Crippen LogP contribution in [0.15, 0.2) is 22.7 Å². The first-order chi connectivity index (χ1) is 9.40. The number of hydrogen-bond acceptors (Lipinski definition) is 3. The van der Waals surface area contributed by atoms with Crippen molar-refractivity contribution in [3.63, 3.8) is 0 Å². The number of rotatable bonds is 7. The van der Waals surface area contributed by atoms with E-state index in [2.05, 4.69) is 35.1 Å². The highest BCUT2D eigenvalue weighted by Crippen LogP contribution is 2.28. The van der Waals surface area contributed by atoms with Crippen LogP contribution in [0.25, 0.3) is 0 Å². The molecular formula is C15H22BrNO3. The fraction of sp³-hybridized carbons (Fsp3) is 0.533. The minimum Gasteiger partial charge on any atom is -0.483 e. The number of benzene rings is 1. The van der Waals surface area contributed by atoms with Gasteiger partial charge in [0.05, 0.1) is 6.10 Å². The molecule has 2 N–H and O–H groups in total. The number of aliphatic hydroxyl groups excluding tert-OH is 1. The largest absolute Gasteiger partial charge is 0.483 e. The lowest BCUT2D eigenvalue weighted by atomic mass is 10.1. The van der Waals surface area contributed by atoms with Crippen LogP contribution in [0, 0.1) is 5.92 Å². The summed E-state index contributed by atoms with van der Waals surface area (Å²) in [6.45, 7) is 6.50. The highest BCUT2D eigenvalue weighted by Gasteiger charge is 2.11. The minimum atomic E-state index is -0.647. The lowest BCUT2D eigenvalue weighted by molar-refractivity contribution is -0.123.